The second kappa shape index (κ2) is 8.13. The molecule has 3 aromatic rings. The summed E-state index contributed by atoms with van der Waals surface area (Å²) >= 11 is 0. The lowest BCUT2D eigenvalue weighted by Gasteiger charge is -2.09. The van der Waals surface area contributed by atoms with E-state index in [4.69, 9.17) is 4.74 Å². The zero-order valence-corrected chi connectivity index (χ0v) is 14.9. The van der Waals surface area contributed by atoms with Crippen molar-refractivity contribution in [1.29, 1.82) is 0 Å². The fraction of sp³-hybridized carbons (Fsp3) is 0.158. The molecule has 0 saturated carbocycles. The number of nitrogens with zero attached hydrogens (tertiary/aromatic N) is 3. The van der Waals surface area contributed by atoms with Crippen molar-refractivity contribution in [1.82, 2.24) is 14.8 Å². The van der Waals surface area contributed by atoms with Crippen LogP contribution in [0, 0.1) is 6.92 Å². The summed E-state index contributed by atoms with van der Waals surface area (Å²) in [6, 6.07) is 12.2. The van der Waals surface area contributed by atoms with Crippen molar-refractivity contribution >= 4 is 17.6 Å². The maximum Gasteiger partial charge on any atom is 0.343 e. The molecule has 0 radical (unpaired) electrons. The Morgan fingerprint density at radius 3 is 2.78 bits per heavy atom. The molecule has 0 fully saturated rings. The van der Waals surface area contributed by atoms with Gasteiger partial charge in [0.2, 0.25) is 0 Å². The molecule has 1 aromatic carbocycles. The van der Waals surface area contributed by atoms with Gasteiger partial charge < -0.3 is 14.8 Å². The van der Waals surface area contributed by atoms with E-state index in [2.05, 4.69) is 20.1 Å². The second-order valence-corrected chi connectivity index (χ2v) is 5.59. The maximum atomic E-state index is 12.6. The Bertz CT molecular complexity index is 953. The highest BCUT2D eigenvalue weighted by molar-refractivity contribution is 6.05. The fourth-order valence-corrected chi connectivity index (χ4v) is 2.41. The zero-order chi connectivity index (χ0) is 19.2. The largest absolute Gasteiger partial charge is 0.482 e. The van der Waals surface area contributed by atoms with Crippen LogP contribution >= 0.6 is 0 Å². The van der Waals surface area contributed by atoms with Crippen molar-refractivity contribution in [2.75, 3.05) is 19.0 Å². The quantitative estimate of drug-likeness (QED) is 0.673. The lowest BCUT2D eigenvalue weighted by atomic mass is 10.2. The van der Waals surface area contributed by atoms with Crippen molar-refractivity contribution in [3.05, 3.63) is 66.1 Å². The molecule has 27 heavy (non-hydrogen) atoms. The third-order valence-electron chi connectivity index (χ3n) is 3.80. The van der Waals surface area contributed by atoms with Crippen LogP contribution in [-0.2, 0) is 9.53 Å². The number of benzene rings is 1. The SMILES string of the molecule is COC(=O)COc1cccc(NC(=O)c2cnn(-c3ccccn3)c2C)c1. The predicted octanol–water partition coefficient (Wildman–Crippen LogP) is 2.38. The average Bonchev–Trinajstić information content (AvgIpc) is 3.08. The first kappa shape index (κ1) is 18.1. The van der Waals surface area contributed by atoms with Gasteiger partial charge in [-0.15, -0.1) is 0 Å². The van der Waals surface area contributed by atoms with E-state index >= 15 is 0 Å². The third-order valence-corrected chi connectivity index (χ3v) is 3.80. The molecule has 1 amide bonds. The molecule has 138 valence electrons. The Hall–Kier alpha value is -3.68. The molecule has 0 aliphatic carbocycles. The highest BCUT2D eigenvalue weighted by atomic mass is 16.6. The number of ether oxygens (including phenoxy) is 2. The number of rotatable bonds is 6. The molecule has 0 spiro atoms. The highest BCUT2D eigenvalue weighted by Crippen LogP contribution is 2.19. The fourth-order valence-electron chi connectivity index (χ4n) is 2.41. The number of hydrogen-bond acceptors (Lipinski definition) is 6. The summed E-state index contributed by atoms with van der Waals surface area (Å²) in [5.41, 5.74) is 1.64. The molecule has 8 nitrogen and oxygen atoms in total. The minimum Gasteiger partial charge on any atom is -0.482 e. The number of methoxy groups -OCH3 is 1. The van der Waals surface area contributed by atoms with Crippen LogP contribution in [0.5, 0.6) is 5.75 Å². The standard InChI is InChI=1S/C19H18N4O4/c1-13-16(11-21-23(13)17-8-3-4-9-20-17)19(25)22-14-6-5-7-15(10-14)27-12-18(24)26-2/h3-11H,12H2,1-2H3,(H,22,25). The summed E-state index contributed by atoms with van der Waals surface area (Å²) in [7, 11) is 1.29. The van der Waals surface area contributed by atoms with Crippen LogP contribution in [0.1, 0.15) is 16.1 Å². The normalized spacial score (nSPS) is 10.3. The van der Waals surface area contributed by atoms with Crippen LogP contribution in [0.4, 0.5) is 5.69 Å². The van der Waals surface area contributed by atoms with Gasteiger partial charge in [-0.25, -0.2) is 14.5 Å². The van der Waals surface area contributed by atoms with E-state index in [1.54, 1.807) is 42.1 Å². The number of carbonyl (C=O) groups excluding carboxylic acids is 2. The summed E-state index contributed by atoms with van der Waals surface area (Å²) in [5.74, 6) is 0.285. The first-order chi connectivity index (χ1) is 13.1. The molecule has 2 aromatic heterocycles. The Morgan fingerprint density at radius 1 is 1.19 bits per heavy atom. The topological polar surface area (TPSA) is 95.3 Å². The molecule has 0 atom stereocenters. The Balaban J connectivity index is 1.73. The number of aromatic nitrogens is 3. The number of amides is 1. The Morgan fingerprint density at radius 2 is 2.04 bits per heavy atom. The first-order valence-electron chi connectivity index (χ1n) is 8.15. The summed E-state index contributed by atoms with van der Waals surface area (Å²) in [6.07, 6.45) is 3.16. The van der Waals surface area contributed by atoms with Gasteiger partial charge in [0.05, 0.1) is 24.6 Å². The van der Waals surface area contributed by atoms with E-state index in [0.717, 1.165) is 0 Å². The second-order valence-electron chi connectivity index (χ2n) is 5.59. The minimum atomic E-state index is -0.484. The van der Waals surface area contributed by atoms with Crippen molar-refractivity contribution in [3.8, 4) is 11.6 Å². The molecule has 0 saturated heterocycles. The number of anilines is 1. The third kappa shape index (κ3) is 4.30. The summed E-state index contributed by atoms with van der Waals surface area (Å²) < 4.78 is 11.5. The summed E-state index contributed by atoms with van der Waals surface area (Å²) in [4.78, 5) is 28.0. The van der Waals surface area contributed by atoms with Crippen molar-refractivity contribution in [3.63, 3.8) is 0 Å². The number of hydrogen-bond donors (Lipinski definition) is 1. The van der Waals surface area contributed by atoms with Crippen molar-refractivity contribution < 1.29 is 19.1 Å². The van der Waals surface area contributed by atoms with Crippen LogP contribution in [0.3, 0.4) is 0 Å². The monoisotopic (exact) mass is 366 g/mol. The van der Waals surface area contributed by atoms with E-state index in [-0.39, 0.29) is 12.5 Å². The lowest BCUT2D eigenvalue weighted by molar-refractivity contribution is -0.142. The summed E-state index contributed by atoms with van der Waals surface area (Å²) in [6.45, 7) is 1.59. The van der Waals surface area contributed by atoms with Crippen LogP contribution in [0.25, 0.3) is 5.82 Å². The predicted molar refractivity (Wildman–Crippen MR) is 98.0 cm³/mol. The van der Waals surface area contributed by atoms with Crippen molar-refractivity contribution in [2.45, 2.75) is 6.92 Å². The molecule has 2 heterocycles. The van der Waals surface area contributed by atoms with Gasteiger partial charge in [-0.1, -0.05) is 12.1 Å². The smallest absolute Gasteiger partial charge is 0.343 e. The molecular formula is C19H18N4O4. The Labute approximate surface area is 155 Å². The van der Waals surface area contributed by atoms with Crippen molar-refractivity contribution in [2.24, 2.45) is 0 Å². The highest BCUT2D eigenvalue weighted by Gasteiger charge is 2.16. The molecule has 3 rings (SSSR count). The number of esters is 1. The first-order valence-corrected chi connectivity index (χ1v) is 8.15. The van der Waals surface area contributed by atoms with E-state index < -0.39 is 5.97 Å². The number of pyridine rings is 1. The molecule has 8 heteroatoms. The van der Waals surface area contributed by atoms with Crippen LogP contribution in [0.2, 0.25) is 0 Å². The lowest BCUT2D eigenvalue weighted by Crippen LogP contribution is -2.14. The van der Waals surface area contributed by atoms with Gasteiger partial charge in [-0.3, -0.25) is 4.79 Å². The van der Waals surface area contributed by atoms with Crippen LogP contribution in [0.15, 0.2) is 54.9 Å². The van der Waals surface area contributed by atoms with E-state index in [9.17, 15) is 9.59 Å². The molecule has 1 N–H and O–H groups in total. The number of nitrogens with one attached hydrogen (secondary N) is 1. The summed E-state index contributed by atoms with van der Waals surface area (Å²) in [5, 5.41) is 7.04. The molecule has 0 bridgehead atoms. The van der Waals surface area contributed by atoms with E-state index in [1.807, 2.05) is 18.2 Å². The van der Waals surface area contributed by atoms with Gasteiger partial charge in [-0.2, -0.15) is 5.10 Å². The Kier molecular flexibility index (Phi) is 5.46. The van der Waals surface area contributed by atoms with Gasteiger partial charge in [-0.05, 0) is 31.2 Å². The minimum absolute atomic E-state index is 0.205. The van der Waals surface area contributed by atoms with Crippen LogP contribution < -0.4 is 10.1 Å². The van der Waals surface area contributed by atoms with E-state index in [0.29, 0.717) is 28.5 Å². The van der Waals surface area contributed by atoms with Gasteiger partial charge >= 0.3 is 5.97 Å². The van der Waals surface area contributed by atoms with E-state index in [1.165, 1.54) is 13.3 Å². The number of carbonyl (C=O) groups is 2. The zero-order valence-electron chi connectivity index (χ0n) is 14.9. The molecular weight excluding hydrogens is 348 g/mol. The molecule has 0 aliphatic rings. The van der Waals surface area contributed by atoms with Gasteiger partial charge in [0.15, 0.2) is 12.4 Å². The van der Waals surface area contributed by atoms with Gasteiger partial charge in [0.25, 0.3) is 5.91 Å². The van der Waals surface area contributed by atoms with Gasteiger partial charge in [0.1, 0.15) is 5.75 Å². The average molecular weight is 366 g/mol. The van der Waals surface area contributed by atoms with Crippen LogP contribution in [-0.4, -0.2) is 40.4 Å². The molecule has 0 unspecified atom stereocenters. The van der Waals surface area contributed by atoms with Gasteiger partial charge in [0, 0.05) is 18.0 Å². The molecule has 0 aliphatic heterocycles. The maximum absolute atomic E-state index is 12.6.